The van der Waals surface area contributed by atoms with Crippen molar-refractivity contribution < 1.29 is 14.3 Å². The summed E-state index contributed by atoms with van der Waals surface area (Å²) in [6.45, 7) is 0.229. The molecule has 98 valence electrons. The quantitative estimate of drug-likeness (QED) is 0.853. The van der Waals surface area contributed by atoms with Gasteiger partial charge in [-0.25, -0.2) is 9.37 Å². The summed E-state index contributed by atoms with van der Waals surface area (Å²) < 4.78 is 13.2. The van der Waals surface area contributed by atoms with E-state index in [4.69, 9.17) is 0 Å². The van der Waals surface area contributed by atoms with Crippen molar-refractivity contribution in [3.05, 3.63) is 58.1 Å². The van der Waals surface area contributed by atoms with Crippen molar-refractivity contribution in [1.82, 2.24) is 10.3 Å². The van der Waals surface area contributed by atoms with E-state index in [1.54, 1.807) is 12.1 Å². The average Bonchev–Trinajstić information content (AvgIpc) is 2.40. The maximum atomic E-state index is 12.7. The molecule has 0 aliphatic heterocycles. The Bertz CT molecular complexity index is 602. The fourth-order valence-corrected chi connectivity index (χ4v) is 1.77. The highest BCUT2D eigenvalue weighted by Crippen LogP contribution is 2.17. The van der Waals surface area contributed by atoms with Gasteiger partial charge < -0.3 is 10.4 Å². The lowest BCUT2D eigenvalue weighted by Gasteiger charge is -2.06. The molecule has 19 heavy (non-hydrogen) atoms. The zero-order valence-corrected chi connectivity index (χ0v) is 11.3. The van der Waals surface area contributed by atoms with E-state index in [1.165, 1.54) is 24.3 Å². The molecule has 2 rings (SSSR count). The second-order valence-corrected chi connectivity index (χ2v) is 4.62. The maximum Gasteiger partial charge on any atom is 0.274 e. The second-order valence-electron chi connectivity index (χ2n) is 3.81. The zero-order valence-electron chi connectivity index (χ0n) is 9.73. The Labute approximate surface area is 117 Å². The van der Waals surface area contributed by atoms with Gasteiger partial charge in [-0.3, -0.25) is 4.79 Å². The third-order valence-electron chi connectivity index (χ3n) is 2.42. The van der Waals surface area contributed by atoms with E-state index >= 15 is 0 Å². The first-order valence-electron chi connectivity index (χ1n) is 5.44. The molecule has 0 unspecified atom stereocenters. The van der Waals surface area contributed by atoms with Crippen LogP contribution in [0, 0.1) is 5.82 Å². The maximum absolute atomic E-state index is 12.7. The van der Waals surface area contributed by atoms with Crippen LogP contribution in [0.4, 0.5) is 4.39 Å². The van der Waals surface area contributed by atoms with Gasteiger partial charge in [-0.1, -0.05) is 12.1 Å². The first-order chi connectivity index (χ1) is 9.06. The van der Waals surface area contributed by atoms with E-state index in [2.05, 4.69) is 26.2 Å². The Hall–Kier alpha value is -1.95. The Kier molecular flexibility index (Phi) is 4.11. The summed E-state index contributed by atoms with van der Waals surface area (Å²) in [6.07, 6.45) is 0. The number of hydrogen-bond donors (Lipinski definition) is 2. The highest BCUT2D eigenvalue weighted by molar-refractivity contribution is 9.10. The van der Waals surface area contributed by atoms with Crippen LogP contribution in [0.1, 0.15) is 16.1 Å². The van der Waals surface area contributed by atoms with Crippen molar-refractivity contribution in [2.75, 3.05) is 0 Å². The predicted octanol–water partition coefficient (Wildman–Crippen LogP) is 2.62. The van der Waals surface area contributed by atoms with Gasteiger partial charge in [0, 0.05) is 6.54 Å². The number of halogens is 2. The van der Waals surface area contributed by atoms with Crippen LogP contribution < -0.4 is 5.32 Å². The standard InChI is InChI=1S/C13H10BrFN2O2/c14-11-6-5-10(18)12(17-11)13(19)16-7-8-1-3-9(15)4-2-8/h1-6,18H,7H2,(H,16,19). The highest BCUT2D eigenvalue weighted by atomic mass is 79.9. The summed E-state index contributed by atoms with van der Waals surface area (Å²) in [7, 11) is 0. The molecule has 0 aliphatic rings. The van der Waals surface area contributed by atoms with Crippen LogP contribution in [0.15, 0.2) is 41.0 Å². The molecule has 2 N–H and O–H groups in total. The van der Waals surface area contributed by atoms with E-state index in [0.29, 0.717) is 4.60 Å². The molecule has 0 radical (unpaired) electrons. The minimum absolute atomic E-state index is 0.0588. The lowest BCUT2D eigenvalue weighted by atomic mass is 10.2. The highest BCUT2D eigenvalue weighted by Gasteiger charge is 2.13. The third-order valence-corrected chi connectivity index (χ3v) is 2.86. The van der Waals surface area contributed by atoms with Crippen LogP contribution in [0.5, 0.6) is 5.75 Å². The fraction of sp³-hybridized carbons (Fsp3) is 0.0769. The van der Waals surface area contributed by atoms with Crippen LogP contribution in [-0.4, -0.2) is 16.0 Å². The van der Waals surface area contributed by atoms with E-state index in [0.717, 1.165) is 5.56 Å². The number of carbonyl (C=O) groups excluding carboxylic acids is 1. The molecule has 0 bridgehead atoms. The molecule has 0 saturated heterocycles. The molecule has 0 aliphatic carbocycles. The molecular weight excluding hydrogens is 315 g/mol. The predicted molar refractivity (Wildman–Crippen MR) is 71.2 cm³/mol. The number of aromatic hydroxyl groups is 1. The lowest BCUT2D eigenvalue weighted by molar-refractivity contribution is 0.0943. The molecule has 0 fully saturated rings. The number of nitrogens with one attached hydrogen (secondary N) is 1. The second kappa shape index (κ2) is 5.79. The van der Waals surface area contributed by atoms with Gasteiger partial charge in [0.1, 0.15) is 16.2 Å². The number of benzene rings is 1. The SMILES string of the molecule is O=C(NCc1ccc(F)cc1)c1nc(Br)ccc1O. The van der Waals surface area contributed by atoms with Gasteiger partial charge in [0.05, 0.1) is 0 Å². The van der Waals surface area contributed by atoms with Gasteiger partial charge in [0.2, 0.25) is 0 Å². The van der Waals surface area contributed by atoms with Gasteiger partial charge in [0.15, 0.2) is 5.69 Å². The molecule has 1 amide bonds. The summed E-state index contributed by atoms with van der Waals surface area (Å²) in [5.74, 6) is -1.02. The molecule has 6 heteroatoms. The number of pyridine rings is 1. The number of nitrogens with zero attached hydrogens (tertiary/aromatic N) is 1. The van der Waals surface area contributed by atoms with Crippen molar-refractivity contribution in [2.45, 2.75) is 6.54 Å². The number of rotatable bonds is 3. The van der Waals surface area contributed by atoms with Crippen molar-refractivity contribution in [3.8, 4) is 5.75 Å². The molecular formula is C13H10BrFN2O2. The topological polar surface area (TPSA) is 62.2 Å². The largest absolute Gasteiger partial charge is 0.505 e. The van der Waals surface area contributed by atoms with Crippen molar-refractivity contribution in [1.29, 1.82) is 0 Å². The molecule has 0 spiro atoms. The van der Waals surface area contributed by atoms with Crippen LogP contribution in [0.2, 0.25) is 0 Å². The minimum atomic E-state index is -0.497. The van der Waals surface area contributed by atoms with E-state index in [9.17, 15) is 14.3 Å². The van der Waals surface area contributed by atoms with E-state index < -0.39 is 5.91 Å². The Morgan fingerprint density at radius 3 is 2.63 bits per heavy atom. The number of carbonyl (C=O) groups is 1. The van der Waals surface area contributed by atoms with Gasteiger partial charge in [-0.15, -0.1) is 0 Å². The summed E-state index contributed by atoms with van der Waals surface area (Å²) in [5.41, 5.74) is 0.695. The van der Waals surface area contributed by atoms with Gasteiger partial charge >= 0.3 is 0 Å². The van der Waals surface area contributed by atoms with E-state index in [1.807, 2.05) is 0 Å². The zero-order chi connectivity index (χ0) is 13.8. The minimum Gasteiger partial charge on any atom is -0.505 e. The summed E-state index contributed by atoms with van der Waals surface area (Å²) in [4.78, 5) is 15.7. The molecule has 1 aromatic heterocycles. The van der Waals surface area contributed by atoms with Gasteiger partial charge in [-0.05, 0) is 45.8 Å². The van der Waals surface area contributed by atoms with Crippen LogP contribution in [-0.2, 0) is 6.54 Å². The van der Waals surface area contributed by atoms with Crippen LogP contribution in [0.25, 0.3) is 0 Å². The fourth-order valence-electron chi connectivity index (χ4n) is 1.46. The molecule has 0 saturated carbocycles. The van der Waals surface area contributed by atoms with Crippen LogP contribution in [0.3, 0.4) is 0 Å². The monoisotopic (exact) mass is 324 g/mol. The van der Waals surface area contributed by atoms with Gasteiger partial charge in [0.25, 0.3) is 5.91 Å². The Balaban J connectivity index is 2.05. The molecule has 2 aromatic rings. The first-order valence-corrected chi connectivity index (χ1v) is 6.24. The first kappa shape index (κ1) is 13.5. The average molecular weight is 325 g/mol. The van der Waals surface area contributed by atoms with Gasteiger partial charge in [-0.2, -0.15) is 0 Å². The van der Waals surface area contributed by atoms with E-state index in [-0.39, 0.29) is 23.8 Å². The smallest absolute Gasteiger partial charge is 0.274 e. The Morgan fingerprint density at radius 2 is 1.95 bits per heavy atom. The third kappa shape index (κ3) is 3.51. The van der Waals surface area contributed by atoms with Crippen molar-refractivity contribution in [2.24, 2.45) is 0 Å². The Morgan fingerprint density at radius 1 is 1.26 bits per heavy atom. The molecule has 4 nitrogen and oxygen atoms in total. The van der Waals surface area contributed by atoms with Crippen molar-refractivity contribution >= 4 is 21.8 Å². The summed E-state index contributed by atoms with van der Waals surface area (Å²) >= 11 is 3.12. The molecule has 0 atom stereocenters. The number of aromatic nitrogens is 1. The van der Waals surface area contributed by atoms with Crippen LogP contribution >= 0.6 is 15.9 Å². The molecule has 1 aromatic carbocycles. The number of amides is 1. The molecule has 1 heterocycles. The summed E-state index contributed by atoms with van der Waals surface area (Å²) in [5, 5.41) is 12.1. The van der Waals surface area contributed by atoms with Crippen molar-refractivity contribution in [3.63, 3.8) is 0 Å². The number of hydrogen-bond acceptors (Lipinski definition) is 3. The summed E-state index contributed by atoms with van der Waals surface area (Å²) in [6, 6.07) is 8.69. The lowest BCUT2D eigenvalue weighted by Crippen LogP contribution is -2.24. The normalized spacial score (nSPS) is 10.2.